The van der Waals surface area contributed by atoms with Gasteiger partial charge in [0, 0.05) is 23.3 Å². The van der Waals surface area contributed by atoms with Crippen molar-refractivity contribution >= 4 is 16.7 Å². The molecule has 0 aliphatic rings. The van der Waals surface area contributed by atoms with Gasteiger partial charge in [-0.15, -0.1) is 0 Å². The zero-order chi connectivity index (χ0) is 14.7. The Kier molecular flexibility index (Phi) is 3.68. The molecule has 1 aromatic carbocycles. The molecule has 3 rings (SSSR count). The van der Waals surface area contributed by atoms with E-state index < -0.39 is 13.0 Å². The SMILES string of the molecule is FC(F)CNc1nc(-c2ccncc2)nc2ccccc12. The van der Waals surface area contributed by atoms with E-state index >= 15 is 0 Å². The average Bonchev–Trinajstić information content (AvgIpc) is 2.53. The van der Waals surface area contributed by atoms with Gasteiger partial charge in [0.2, 0.25) is 0 Å². The molecule has 6 heteroatoms. The number of hydrogen-bond acceptors (Lipinski definition) is 4. The maximum Gasteiger partial charge on any atom is 0.255 e. The van der Waals surface area contributed by atoms with Gasteiger partial charge in [-0.1, -0.05) is 12.1 Å². The lowest BCUT2D eigenvalue weighted by Gasteiger charge is -2.10. The Hall–Kier alpha value is -2.63. The number of nitrogens with zero attached hydrogens (tertiary/aromatic N) is 3. The lowest BCUT2D eigenvalue weighted by molar-refractivity contribution is 0.163. The summed E-state index contributed by atoms with van der Waals surface area (Å²) in [5.41, 5.74) is 1.49. The number of para-hydroxylation sites is 1. The Labute approximate surface area is 119 Å². The fourth-order valence-electron chi connectivity index (χ4n) is 2.02. The van der Waals surface area contributed by atoms with Gasteiger partial charge in [0.05, 0.1) is 12.1 Å². The maximum atomic E-state index is 12.4. The summed E-state index contributed by atoms with van der Waals surface area (Å²) in [6.45, 7) is -0.448. The molecule has 0 atom stereocenters. The molecule has 0 spiro atoms. The zero-order valence-corrected chi connectivity index (χ0v) is 11.0. The van der Waals surface area contributed by atoms with Crippen LogP contribution in [0.3, 0.4) is 0 Å². The summed E-state index contributed by atoms with van der Waals surface area (Å²) in [7, 11) is 0. The summed E-state index contributed by atoms with van der Waals surface area (Å²) in [4.78, 5) is 12.8. The molecule has 1 N–H and O–H groups in total. The lowest BCUT2D eigenvalue weighted by Crippen LogP contribution is -2.12. The Bertz CT molecular complexity index is 747. The first-order chi connectivity index (χ1) is 10.2. The minimum atomic E-state index is -2.44. The molecule has 0 saturated heterocycles. The third-order valence-corrected chi connectivity index (χ3v) is 2.97. The molecule has 0 aliphatic carbocycles. The Morgan fingerprint density at radius 3 is 2.52 bits per heavy atom. The summed E-state index contributed by atoms with van der Waals surface area (Å²) in [5, 5.41) is 3.40. The topological polar surface area (TPSA) is 50.7 Å². The van der Waals surface area contributed by atoms with E-state index in [1.165, 1.54) is 0 Å². The van der Waals surface area contributed by atoms with E-state index in [-0.39, 0.29) is 0 Å². The Balaban J connectivity index is 2.10. The average molecular weight is 286 g/mol. The quantitative estimate of drug-likeness (QED) is 0.799. The van der Waals surface area contributed by atoms with Crippen LogP contribution in [-0.2, 0) is 0 Å². The molecule has 0 unspecified atom stereocenters. The van der Waals surface area contributed by atoms with Crippen molar-refractivity contribution < 1.29 is 8.78 Å². The third kappa shape index (κ3) is 2.94. The molecule has 2 heterocycles. The molecule has 0 aliphatic heterocycles. The number of rotatable bonds is 4. The van der Waals surface area contributed by atoms with Crippen molar-refractivity contribution in [1.29, 1.82) is 0 Å². The highest BCUT2D eigenvalue weighted by Crippen LogP contribution is 2.24. The molecule has 106 valence electrons. The molecule has 0 saturated carbocycles. The summed E-state index contributed by atoms with van der Waals surface area (Å²) in [6, 6.07) is 10.9. The van der Waals surface area contributed by atoms with Gasteiger partial charge < -0.3 is 5.32 Å². The van der Waals surface area contributed by atoms with Crippen LogP contribution in [0.25, 0.3) is 22.3 Å². The van der Waals surface area contributed by atoms with Crippen LogP contribution in [0.15, 0.2) is 48.8 Å². The van der Waals surface area contributed by atoms with Crippen LogP contribution in [-0.4, -0.2) is 27.9 Å². The fraction of sp³-hybridized carbons (Fsp3) is 0.133. The number of fused-ring (bicyclic) bond motifs is 1. The first-order valence-electron chi connectivity index (χ1n) is 6.43. The minimum absolute atomic E-state index is 0.410. The highest BCUT2D eigenvalue weighted by atomic mass is 19.3. The van der Waals surface area contributed by atoms with E-state index in [2.05, 4.69) is 20.3 Å². The zero-order valence-electron chi connectivity index (χ0n) is 11.0. The molecular formula is C15H12F2N4. The van der Waals surface area contributed by atoms with Crippen LogP contribution in [0.4, 0.5) is 14.6 Å². The van der Waals surface area contributed by atoms with Crippen LogP contribution >= 0.6 is 0 Å². The summed E-state index contributed by atoms with van der Waals surface area (Å²) in [5.74, 6) is 0.889. The second-order valence-electron chi connectivity index (χ2n) is 4.42. The number of anilines is 1. The van der Waals surface area contributed by atoms with Crippen LogP contribution < -0.4 is 5.32 Å². The molecular weight excluding hydrogens is 274 g/mol. The molecule has 0 fully saturated rings. The third-order valence-electron chi connectivity index (χ3n) is 2.97. The lowest BCUT2D eigenvalue weighted by atomic mass is 10.2. The number of hydrogen-bond donors (Lipinski definition) is 1. The summed E-state index contributed by atoms with van der Waals surface area (Å²) in [6.07, 6.45) is 0.836. The van der Waals surface area contributed by atoms with Gasteiger partial charge in [0.15, 0.2) is 5.82 Å². The summed E-state index contributed by atoms with van der Waals surface area (Å²) >= 11 is 0. The van der Waals surface area contributed by atoms with Gasteiger partial charge in [-0.2, -0.15) is 0 Å². The van der Waals surface area contributed by atoms with Crippen molar-refractivity contribution in [2.24, 2.45) is 0 Å². The van der Waals surface area contributed by atoms with Gasteiger partial charge in [0.25, 0.3) is 6.43 Å². The smallest absolute Gasteiger partial charge is 0.255 e. The van der Waals surface area contributed by atoms with E-state index in [1.54, 1.807) is 30.6 Å². The van der Waals surface area contributed by atoms with Gasteiger partial charge in [0.1, 0.15) is 5.82 Å². The second-order valence-corrected chi connectivity index (χ2v) is 4.42. The Morgan fingerprint density at radius 2 is 1.76 bits per heavy atom. The predicted octanol–water partition coefficient (Wildman–Crippen LogP) is 3.37. The monoisotopic (exact) mass is 286 g/mol. The standard InChI is InChI=1S/C15H12F2N4/c16-13(17)9-19-15-11-3-1-2-4-12(11)20-14(21-15)10-5-7-18-8-6-10/h1-8,13H,9H2,(H,19,20,21). The van der Waals surface area contributed by atoms with Crippen molar-refractivity contribution in [3.63, 3.8) is 0 Å². The van der Waals surface area contributed by atoms with Crippen LogP contribution in [0.1, 0.15) is 0 Å². The number of benzene rings is 1. The van der Waals surface area contributed by atoms with Crippen molar-refractivity contribution in [3.8, 4) is 11.4 Å². The van der Waals surface area contributed by atoms with Crippen molar-refractivity contribution in [2.45, 2.75) is 6.43 Å². The fourth-order valence-corrected chi connectivity index (χ4v) is 2.02. The maximum absolute atomic E-state index is 12.4. The van der Waals surface area contributed by atoms with Crippen molar-refractivity contribution in [3.05, 3.63) is 48.8 Å². The first-order valence-corrected chi connectivity index (χ1v) is 6.43. The van der Waals surface area contributed by atoms with Gasteiger partial charge >= 0.3 is 0 Å². The Morgan fingerprint density at radius 1 is 1.00 bits per heavy atom. The molecule has 2 aromatic heterocycles. The molecule has 0 bridgehead atoms. The normalized spacial score (nSPS) is 11.0. The van der Waals surface area contributed by atoms with Crippen molar-refractivity contribution in [1.82, 2.24) is 15.0 Å². The van der Waals surface area contributed by atoms with Gasteiger partial charge in [-0.05, 0) is 24.3 Å². The van der Waals surface area contributed by atoms with Gasteiger partial charge in [-0.3, -0.25) is 4.98 Å². The molecule has 3 aromatic rings. The van der Waals surface area contributed by atoms with Crippen LogP contribution in [0.2, 0.25) is 0 Å². The largest absolute Gasteiger partial charge is 0.364 e. The minimum Gasteiger partial charge on any atom is -0.364 e. The number of nitrogens with one attached hydrogen (secondary N) is 1. The van der Waals surface area contributed by atoms with Crippen LogP contribution in [0, 0.1) is 0 Å². The predicted molar refractivity (Wildman–Crippen MR) is 77.3 cm³/mol. The highest BCUT2D eigenvalue weighted by Gasteiger charge is 2.10. The molecule has 4 nitrogen and oxygen atoms in total. The summed E-state index contributed by atoms with van der Waals surface area (Å²) < 4.78 is 24.9. The van der Waals surface area contributed by atoms with Gasteiger partial charge in [-0.25, -0.2) is 18.7 Å². The highest BCUT2D eigenvalue weighted by molar-refractivity contribution is 5.90. The van der Waals surface area contributed by atoms with E-state index in [0.717, 1.165) is 10.9 Å². The van der Waals surface area contributed by atoms with E-state index in [9.17, 15) is 8.78 Å². The number of alkyl halides is 2. The molecule has 21 heavy (non-hydrogen) atoms. The second kappa shape index (κ2) is 5.78. The van der Waals surface area contributed by atoms with Crippen LogP contribution in [0.5, 0.6) is 0 Å². The molecule has 0 amide bonds. The number of halogens is 2. The number of aromatic nitrogens is 3. The van der Waals surface area contributed by atoms with E-state index in [1.807, 2.05) is 18.2 Å². The van der Waals surface area contributed by atoms with E-state index in [0.29, 0.717) is 17.2 Å². The molecule has 0 radical (unpaired) electrons. The van der Waals surface area contributed by atoms with Crippen molar-refractivity contribution in [2.75, 3.05) is 11.9 Å². The van der Waals surface area contributed by atoms with E-state index in [4.69, 9.17) is 0 Å². The first kappa shape index (κ1) is 13.4. The number of pyridine rings is 1.